The number of hydrogen-bond donors (Lipinski definition) is 1. The van der Waals surface area contributed by atoms with Gasteiger partial charge in [-0.15, -0.1) is 11.3 Å². The van der Waals surface area contributed by atoms with Crippen molar-refractivity contribution in [1.82, 2.24) is 4.98 Å². The molecule has 0 bridgehead atoms. The molecule has 0 aliphatic rings. The van der Waals surface area contributed by atoms with Gasteiger partial charge in [-0.05, 0) is 19.8 Å². The van der Waals surface area contributed by atoms with Gasteiger partial charge in [0, 0.05) is 10.4 Å². The third-order valence-corrected chi connectivity index (χ3v) is 2.91. The van der Waals surface area contributed by atoms with Crippen LogP contribution in [0, 0.1) is 0 Å². The van der Waals surface area contributed by atoms with Crippen LogP contribution < -0.4 is 5.73 Å². The Hall–Kier alpha value is -0.410. The van der Waals surface area contributed by atoms with Crippen molar-refractivity contribution >= 4 is 11.3 Å². The van der Waals surface area contributed by atoms with Gasteiger partial charge in [0.05, 0.1) is 11.2 Å². The standard InChI is InChI=1S/C9H16N2S/c1-6(2)7-8(9(3,4)10)12-5-11-7/h5-6H,10H2,1-4H3. The molecule has 0 spiro atoms. The first-order chi connectivity index (χ1) is 5.43. The summed E-state index contributed by atoms with van der Waals surface area (Å²) in [7, 11) is 0. The molecule has 3 heteroatoms. The number of hydrogen-bond acceptors (Lipinski definition) is 3. The largest absolute Gasteiger partial charge is 0.321 e. The zero-order valence-electron chi connectivity index (χ0n) is 8.09. The summed E-state index contributed by atoms with van der Waals surface area (Å²) in [5.74, 6) is 0.467. The summed E-state index contributed by atoms with van der Waals surface area (Å²) in [5, 5.41) is 0. The molecule has 0 saturated heterocycles. The van der Waals surface area contributed by atoms with Crippen LogP contribution >= 0.6 is 11.3 Å². The molecule has 0 aliphatic carbocycles. The van der Waals surface area contributed by atoms with Crippen LogP contribution in [0.25, 0.3) is 0 Å². The molecule has 1 rings (SSSR count). The van der Waals surface area contributed by atoms with Gasteiger partial charge in [-0.2, -0.15) is 0 Å². The zero-order valence-corrected chi connectivity index (χ0v) is 8.90. The topological polar surface area (TPSA) is 38.9 Å². The van der Waals surface area contributed by atoms with Crippen molar-refractivity contribution in [3.63, 3.8) is 0 Å². The number of thiazole rings is 1. The molecule has 2 N–H and O–H groups in total. The van der Waals surface area contributed by atoms with Gasteiger partial charge in [0.25, 0.3) is 0 Å². The lowest BCUT2D eigenvalue weighted by molar-refractivity contribution is 0.553. The van der Waals surface area contributed by atoms with Crippen LogP contribution in [0.15, 0.2) is 5.51 Å². The van der Waals surface area contributed by atoms with Crippen LogP contribution in [-0.4, -0.2) is 4.98 Å². The van der Waals surface area contributed by atoms with E-state index < -0.39 is 0 Å². The molecule has 1 aromatic rings. The van der Waals surface area contributed by atoms with Crippen LogP contribution in [0.3, 0.4) is 0 Å². The monoisotopic (exact) mass is 184 g/mol. The van der Waals surface area contributed by atoms with E-state index in [1.54, 1.807) is 11.3 Å². The SMILES string of the molecule is CC(C)c1ncsc1C(C)(C)N. The Balaban J connectivity index is 3.08. The van der Waals surface area contributed by atoms with E-state index >= 15 is 0 Å². The van der Waals surface area contributed by atoms with Crippen molar-refractivity contribution in [3.8, 4) is 0 Å². The van der Waals surface area contributed by atoms with E-state index in [2.05, 4.69) is 18.8 Å². The molecule has 2 nitrogen and oxygen atoms in total. The van der Waals surface area contributed by atoms with Crippen LogP contribution in [0.4, 0.5) is 0 Å². The minimum atomic E-state index is -0.249. The lowest BCUT2D eigenvalue weighted by Gasteiger charge is -2.19. The highest BCUT2D eigenvalue weighted by Crippen LogP contribution is 2.29. The normalized spacial score (nSPS) is 12.5. The summed E-state index contributed by atoms with van der Waals surface area (Å²) in [5.41, 5.74) is 8.78. The smallest absolute Gasteiger partial charge is 0.0798 e. The van der Waals surface area contributed by atoms with Crippen LogP contribution in [0.5, 0.6) is 0 Å². The van der Waals surface area contributed by atoms with Crippen molar-refractivity contribution in [1.29, 1.82) is 0 Å². The molecule has 0 amide bonds. The minimum absolute atomic E-state index is 0.249. The van der Waals surface area contributed by atoms with Gasteiger partial charge in [-0.25, -0.2) is 4.98 Å². The average molecular weight is 184 g/mol. The third-order valence-electron chi connectivity index (χ3n) is 1.73. The van der Waals surface area contributed by atoms with E-state index in [9.17, 15) is 0 Å². The fourth-order valence-corrected chi connectivity index (χ4v) is 2.13. The van der Waals surface area contributed by atoms with Gasteiger partial charge in [-0.1, -0.05) is 13.8 Å². The summed E-state index contributed by atoms with van der Waals surface area (Å²) in [6.07, 6.45) is 0. The number of aromatic nitrogens is 1. The molecular formula is C9H16N2S. The van der Waals surface area contributed by atoms with Crippen molar-refractivity contribution in [2.24, 2.45) is 5.73 Å². The fourth-order valence-electron chi connectivity index (χ4n) is 1.15. The predicted octanol–water partition coefficient (Wildman–Crippen LogP) is 2.46. The maximum Gasteiger partial charge on any atom is 0.0798 e. The Bertz CT molecular complexity index is 258. The highest BCUT2D eigenvalue weighted by molar-refractivity contribution is 7.09. The second-order valence-electron chi connectivity index (χ2n) is 3.94. The lowest BCUT2D eigenvalue weighted by Crippen LogP contribution is -2.28. The van der Waals surface area contributed by atoms with Crippen molar-refractivity contribution < 1.29 is 0 Å². The lowest BCUT2D eigenvalue weighted by atomic mass is 9.98. The highest BCUT2D eigenvalue weighted by atomic mass is 32.1. The molecule has 0 aromatic carbocycles. The number of nitrogens with two attached hydrogens (primary N) is 1. The Labute approximate surface area is 77.8 Å². The van der Waals surface area contributed by atoms with Gasteiger partial charge >= 0.3 is 0 Å². The first-order valence-electron chi connectivity index (χ1n) is 4.15. The summed E-state index contributed by atoms with van der Waals surface area (Å²) in [6, 6.07) is 0. The molecule has 0 fully saturated rings. The average Bonchev–Trinajstić information content (AvgIpc) is 2.30. The molecule has 0 atom stereocenters. The molecule has 12 heavy (non-hydrogen) atoms. The van der Waals surface area contributed by atoms with E-state index in [-0.39, 0.29) is 5.54 Å². The first-order valence-corrected chi connectivity index (χ1v) is 5.03. The maximum atomic E-state index is 6.01. The van der Waals surface area contributed by atoms with Gasteiger partial charge in [0.2, 0.25) is 0 Å². The van der Waals surface area contributed by atoms with Gasteiger partial charge < -0.3 is 5.73 Å². The summed E-state index contributed by atoms with van der Waals surface area (Å²) in [4.78, 5) is 5.53. The van der Waals surface area contributed by atoms with E-state index in [1.165, 1.54) is 4.88 Å². The molecule has 68 valence electrons. The van der Waals surface area contributed by atoms with Crippen LogP contribution in [0.1, 0.15) is 44.2 Å². The summed E-state index contributed by atoms with van der Waals surface area (Å²) < 4.78 is 0. The Morgan fingerprint density at radius 2 is 2.08 bits per heavy atom. The van der Waals surface area contributed by atoms with E-state index in [0.717, 1.165) is 5.69 Å². The highest BCUT2D eigenvalue weighted by Gasteiger charge is 2.22. The Morgan fingerprint density at radius 3 is 2.42 bits per heavy atom. The van der Waals surface area contributed by atoms with Gasteiger partial charge in [0.15, 0.2) is 0 Å². The fraction of sp³-hybridized carbons (Fsp3) is 0.667. The Kier molecular flexibility index (Phi) is 2.54. The Morgan fingerprint density at radius 1 is 1.50 bits per heavy atom. The second-order valence-corrected chi connectivity index (χ2v) is 4.80. The predicted molar refractivity (Wildman–Crippen MR) is 53.4 cm³/mol. The molecule has 0 aliphatic heterocycles. The zero-order chi connectivity index (χ0) is 9.35. The van der Waals surface area contributed by atoms with Crippen molar-refractivity contribution in [3.05, 3.63) is 16.1 Å². The van der Waals surface area contributed by atoms with E-state index in [0.29, 0.717) is 5.92 Å². The number of rotatable bonds is 2. The van der Waals surface area contributed by atoms with Gasteiger partial charge in [-0.3, -0.25) is 0 Å². The van der Waals surface area contributed by atoms with Crippen molar-refractivity contribution in [2.75, 3.05) is 0 Å². The number of nitrogens with zero attached hydrogens (tertiary/aromatic N) is 1. The molecule has 0 unspecified atom stereocenters. The summed E-state index contributed by atoms with van der Waals surface area (Å²) in [6.45, 7) is 8.33. The quantitative estimate of drug-likeness (QED) is 0.766. The third kappa shape index (κ3) is 1.84. The first kappa shape index (κ1) is 9.68. The molecular weight excluding hydrogens is 168 g/mol. The van der Waals surface area contributed by atoms with E-state index in [4.69, 9.17) is 5.73 Å². The molecule has 1 heterocycles. The van der Waals surface area contributed by atoms with Gasteiger partial charge in [0.1, 0.15) is 0 Å². The van der Waals surface area contributed by atoms with Crippen molar-refractivity contribution in [2.45, 2.75) is 39.2 Å². The van der Waals surface area contributed by atoms with Crippen LogP contribution in [0.2, 0.25) is 0 Å². The second kappa shape index (κ2) is 3.15. The minimum Gasteiger partial charge on any atom is -0.321 e. The maximum absolute atomic E-state index is 6.01. The van der Waals surface area contributed by atoms with Crippen LogP contribution in [-0.2, 0) is 5.54 Å². The molecule has 0 radical (unpaired) electrons. The van der Waals surface area contributed by atoms with E-state index in [1.807, 2.05) is 19.4 Å². The molecule has 0 saturated carbocycles. The summed E-state index contributed by atoms with van der Waals surface area (Å²) >= 11 is 1.65. The molecule has 1 aromatic heterocycles.